The summed E-state index contributed by atoms with van der Waals surface area (Å²) >= 11 is 0. The molecule has 0 amide bonds. The molecule has 1 radical (unpaired) electrons. The fraction of sp³-hybridized carbons (Fsp3) is 0.316. The molecule has 1 aromatic heterocycles. The number of rotatable bonds is 9. The summed E-state index contributed by atoms with van der Waals surface area (Å²) in [7, 11) is 0. The summed E-state index contributed by atoms with van der Waals surface area (Å²) in [6.45, 7) is 12.1. The zero-order chi connectivity index (χ0) is 30.3. The number of aliphatic hydroxyl groups excluding tert-OH is 1. The summed E-state index contributed by atoms with van der Waals surface area (Å²) in [5.74, 6) is 1.57. The predicted molar refractivity (Wildman–Crippen MR) is 175 cm³/mol. The second-order valence-corrected chi connectivity index (χ2v) is 11.4. The molecule has 5 heteroatoms. The van der Waals surface area contributed by atoms with E-state index in [1.165, 1.54) is 22.2 Å². The molecule has 227 valence electrons. The van der Waals surface area contributed by atoms with Crippen LogP contribution >= 0.6 is 0 Å². The zero-order valence-corrected chi connectivity index (χ0v) is 28.4. The number of hydrogen-bond acceptors (Lipinski definition) is 4. The third-order valence-corrected chi connectivity index (χ3v) is 9.11. The van der Waals surface area contributed by atoms with Gasteiger partial charge in [0.05, 0.1) is 5.39 Å². The Morgan fingerprint density at radius 3 is 1.77 bits per heavy atom. The van der Waals surface area contributed by atoms with Gasteiger partial charge < -0.3 is 9.84 Å². The topological polar surface area (TPSA) is 59.4 Å². The standard InChI is InChI=1S/C23H14NO.C15H28O2.Ir/c1-2-8-16(9-3-1)25-23-22-20-13-7-6-11-18(20)17-10-4-5-12-19(17)21(22)14-15-24-23;1-7-14(5,8-2)12(16)11-13(17)15(6,9-3)10-4;/h1-8,10-15H;11,16H,7-10H2,1-6H3;/q-1;;/b;12-11-;. The van der Waals surface area contributed by atoms with Crippen LogP contribution in [0.25, 0.3) is 32.3 Å². The average Bonchev–Trinajstić information content (AvgIpc) is 3.04. The van der Waals surface area contributed by atoms with Gasteiger partial charge in [-0.05, 0) is 58.7 Å². The molecule has 0 bridgehead atoms. The summed E-state index contributed by atoms with van der Waals surface area (Å²) in [5.41, 5.74) is -0.603. The molecule has 43 heavy (non-hydrogen) atoms. The molecule has 0 atom stereocenters. The number of fused-ring (bicyclic) bond motifs is 6. The normalized spacial score (nSPS) is 12.0. The van der Waals surface area contributed by atoms with E-state index in [0.29, 0.717) is 11.6 Å². The van der Waals surface area contributed by atoms with Crippen molar-refractivity contribution in [2.24, 2.45) is 10.8 Å². The van der Waals surface area contributed by atoms with Gasteiger partial charge in [0.2, 0.25) is 5.88 Å². The van der Waals surface area contributed by atoms with Gasteiger partial charge in [0.25, 0.3) is 0 Å². The molecule has 5 rings (SSSR count). The Balaban J connectivity index is 0.000000250. The van der Waals surface area contributed by atoms with Gasteiger partial charge in [0, 0.05) is 49.0 Å². The van der Waals surface area contributed by atoms with Crippen LogP contribution in [0.3, 0.4) is 0 Å². The maximum Gasteiger partial charge on any atom is 0.225 e. The van der Waals surface area contributed by atoms with Crippen molar-refractivity contribution in [3.05, 3.63) is 103 Å². The third-order valence-electron chi connectivity index (χ3n) is 9.11. The molecule has 0 saturated carbocycles. The van der Waals surface area contributed by atoms with Crippen molar-refractivity contribution in [1.82, 2.24) is 4.98 Å². The number of aliphatic hydroxyl groups is 1. The summed E-state index contributed by atoms with van der Waals surface area (Å²) in [6.07, 6.45) is 6.56. The van der Waals surface area contributed by atoms with E-state index in [1.807, 2.05) is 72.0 Å². The number of carbonyl (C=O) groups excluding carboxylic acids is 1. The molecule has 0 saturated heterocycles. The van der Waals surface area contributed by atoms with E-state index in [1.54, 1.807) is 0 Å². The van der Waals surface area contributed by atoms with Crippen molar-refractivity contribution >= 4 is 38.1 Å². The molecular formula is C38H42IrNO3-. The fourth-order valence-corrected chi connectivity index (χ4v) is 5.12. The van der Waals surface area contributed by atoms with Crippen LogP contribution in [-0.2, 0) is 24.9 Å². The second kappa shape index (κ2) is 14.8. The van der Waals surface area contributed by atoms with Crippen molar-refractivity contribution in [3.63, 3.8) is 0 Å². The van der Waals surface area contributed by atoms with Crippen molar-refractivity contribution in [1.29, 1.82) is 0 Å². The number of nitrogens with zero attached hydrogens (tertiary/aromatic N) is 1. The Labute approximate surface area is 269 Å². The number of ether oxygens (including phenoxy) is 1. The molecule has 1 N–H and O–H groups in total. The first-order valence-electron chi connectivity index (χ1n) is 15.0. The Morgan fingerprint density at radius 1 is 0.767 bits per heavy atom. The number of aromatic nitrogens is 1. The second-order valence-electron chi connectivity index (χ2n) is 11.4. The summed E-state index contributed by atoms with van der Waals surface area (Å²) in [4.78, 5) is 16.7. The first-order valence-corrected chi connectivity index (χ1v) is 15.0. The smallest absolute Gasteiger partial charge is 0.225 e. The zero-order valence-electron chi connectivity index (χ0n) is 26.0. The van der Waals surface area contributed by atoms with E-state index >= 15 is 0 Å². The van der Waals surface area contributed by atoms with Gasteiger partial charge in [-0.3, -0.25) is 4.79 Å². The molecule has 0 aliphatic carbocycles. The molecule has 0 unspecified atom stereocenters. The van der Waals surface area contributed by atoms with Gasteiger partial charge in [0.1, 0.15) is 5.76 Å². The summed E-state index contributed by atoms with van der Waals surface area (Å²) in [6, 6.07) is 29.7. The Morgan fingerprint density at radius 2 is 1.26 bits per heavy atom. The number of carbonyl (C=O) groups is 1. The average molecular weight is 753 g/mol. The van der Waals surface area contributed by atoms with Crippen molar-refractivity contribution in [2.75, 3.05) is 0 Å². The number of hydrogen-bond donors (Lipinski definition) is 1. The van der Waals surface area contributed by atoms with Crippen LogP contribution < -0.4 is 4.74 Å². The Bertz CT molecular complexity index is 1660. The van der Waals surface area contributed by atoms with E-state index in [-0.39, 0.29) is 42.5 Å². The van der Waals surface area contributed by atoms with E-state index in [0.717, 1.165) is 41.8 Å². The van der Waals surface area contributed by atoms with Crippen LogP contribution in [0.4, 0.5) is 0 Å². The number of allylic oxidation sites excluding steroid dienone is 2. The number of para-hydroxylation sites is 1. The molecule has 1 heterocycles. The van der Waals surface area contributed by atoms with Crippen LogP contribution in [0.1, 0.15) is 67.2 Å². The molecule has 0 aliphatic heterocycles. The quantitative estimate of drug-likeness (QED) is 0.0705. The van der Waals surface area contributed by atoms with Crippen LogP contribution in [0.15, 0.2) is 96.9 Å². The first-order chi connectivity index (χ1) is 20.2. The molecule has 4 nitrogen and oxygen atoms in total. The van der Waals surface area contributed by atoms with E-state index in [4.69, 9.17) is 4.74 Å². The van der Waals surface area contributed by atoms with Gasteiger partial charge in [-0.2, -0.15) is 18.2 Å². The van der Waals surface area contributed by atoms with Crippen LogP contribution in [-0.4, -0.2) is 15.9 Å². The van der Waals surface area contributed by atoms with Gasteiger partial charge in [-0.1, -0.05) is 90.1 Å². The van der Waals surface area contributed by atoms with E-state index in [9.17, 15) is 9.90 Å². The van der Waals surface area contributed by atoms with Gasteiger partial charge >= 0.3 is 0 Å². The maximum absolute atomic E-state index is 12.2. The minimum atomic E-state index is -0.337. The monoisotopic (exact) mass is 753 g/mol. The van der Waals surface area contributed by atoms with Gasteiger partial charge in [-0.15, -0.1) is 12.1 Å². The molecule has 0 fully saturated rings. The summed E-state index contributed by atoms with van der Waals surface area (Å²) in [5, 5.41) is 17.1. The van der Waals surface area contributed by atoms with Gasteiger partial charge in [0.15, 0.2) is 5.78 Å². The van der Waals surface area contributed by atoms with E-state index < -0.39 is 0 Å². The van der Waals surface area contributed by atoms with Crippen LogP contribution in [0, 0.1) is 16.9 Å². The third kappa shape index (κ3) is 7.17. The Hall–Kier alpha value is -3.53. The minimum absolute atomic E-state index is 0. The maximum atomic E-state index is 12.2. The van der Waals surface area contributed by atoms with Crippen molar-refractivity contribution in [3.8, 4) is 11.6 Å². The number of benzene rings is 4. The largest absolute Gasteiger partial charge is 0.512 e. The molecule has 0 aliphatic rings. The Kier molecular flexibility index (Phi) is 11.7. The predicted octanol–water partition coefficient (Wildman–Crippen LogP) is 10.8. The molecule has 0 spiro atoms. The minimum Gasteiger partial charge on any atom is -0.512 e. The van der Waals surface area contributed by atoms with Crippen molar-refractivity contribution < 1.29 is 34.7 Å². The number of pyridine rings is 1. The van der Waals surface area contributed by atoms with E-state index in [2.05, 4.69) is 65.6 Å². The SMILES string of the molecule is CCC(C)(CC)C(=O)/C=C(\O)C(C)(CC)CC.[Ir].[c-]1ccccc1Oc1nccc2c3ccccc3c3ccccc3c12. The molecular weight excluding hydrogens is 711 g/mol. The fourth-order valence-electron chi connectivity index (χ4n) is 5.12. The van der Waals surface area contributed by atoms with Gasteiger partial charge in [-0.25, -0.2) is 4.98 Å². The molecule has 5 aromatic rings. The van der Waals surface area contributed by atoms with Crippen LogP contribution in [0.5, 0.6) is 11.6 Å². The van der Waals surface area contributed by atoms with Crippen molar-refractivity contribution in [2.45, 2.75) is 67.2 Å². The molecule has 4 aromatic carbocycles. The van der Waals surface area contributed by atoms with Crippen LogP contribution in [0.2, 0.25) is 0 Å². The first kappa shape index (κ1) is 34.0. The summed E-state index contributed by atoms with van der Waals surface area (Å²) < 4.78 is 6.08. The number of ketones is 1.